The molecule has 1 fully saturated rings. The summed E-state index contributed by atoms with van der Waals surface area (Å²) in [6, 6.07) is 3.25. The van der Waals surface area contributed by atoms with E-state index in [1.165, 1.54) is 0 Å². The largest absolute Gasteiger partial charge is 0.369 e. The van der Waals surface area contributed by atoms with Gasteiger partial charge in [0.25, 0.3) is 0 Å². The maximum absolute atomic E-state index is 13.2. The molecule has 0 heterocycles. The highest BCUT2D eigenvalue weighted by Crippen LogP contribution is 2.48. The summed E-state index contributed by atoms with van der Waals surface area (Å²) >= 11 is 0. The first-order valence-electron chi connectivity index (χ1n) is 4.34. The van der Waals surface area contributed by atoms with Crippen molar-refractivity contribution in [3.8, 4) is 0 Å². The number of rotatable bonds is 2. The fourth-order valence-corrected chi connectivity index (χ4v) is 1.65. The van der Waals surface area contributed by atoms with E-state index in [4.69, 9.17) is 5.73 Å². The first-order chi connectivity index (χ1) is 6.59. The Morgan fingerprint density at radius 2 is 2.14 bits per heavy atom. The topological polar surface area (TPSA) is 43.1 Å². The van der Waals surface area contributed by atoms with Gasteiger partial charge in [0.2, 0.25) is 5.91 Å². The van der Waals surface area contributed by atoms with E-state index in [0.717, 1.165) is 18.2 Å². The molecule has 0 saturated heterocycles. The molecule has 14 heavy (non-hydrogen) atoms. The van der Waals surface area contributed by atoms with E-state index in [9.17, 15) is 13.6 Å². The molecule has 74 valence electrons. The van der Waals surface area contributed by atoms with E-state index < -0.39 is 17.5 Å². The third-order valence-corrected chi connectivity index (χ3v) is 2.51. The Morgan fingerprint density at radius 1 is 1.43 bits per heavy atom. The molecule has 1 aliphatic rings. The third-order valence-electron chi connectivity index (χ3n) is 2.51. The lowest BCUT2D eigenvalue weighted by molar-refractivity contribution is -0.119. The lowest BCUT2D eigenvalue weighted by atomic mass is 10.1. The minimum atomic E-state index is -0.489. The maximum Gasteiger partial charge on any atom is 0.221 e. The number of nitrogens with two attached hydrogens (primary N) is 1. The number of carbonyl (C=O) groups is 1. The van der Waals surface area contributed by atoms with Crippen molar-refractivity contribution >= 4 is 5.91 Å². The van der Waals surface area contributed by atoms with E-state index in [2.05, 4.69) is 0 Å². The Morgan fingerprint density at radius 3 is 2.71 bits per heavy atom. The number of hydrogen-bond acceptors (Lipinski definition) is 1. The molecule has 1 aromatic rings. The van der Waals surface area contributed by atoms with E-state index in [0.29, 0.717) is 6.42 Å². The number of halogens is 2. The summed E-state index contributed by atoms with van der Waals surface area (Å²) in [6.07, 6.45) is 0.524. The van der Waals surface area contributed by atoms with Crippen molar-refractivity contribution in [2.75, 3.05) is 0 Å². The van der Waals surface area contributed by atoms with Gasteiger partial charge in [0.1, 0.15) is 11.6 Å². The molecular formula is C10H9F2NO. The van der Waals surface area contributed by atoms with Crippen molar-refractivity contribution in [1.82, 2.24) is 0 Å². The lowest BCUT2D eigenvalue weighted by Gasteiger charge is -2.00. The molecule has 2 atom stereocenters. The van der Waals surface area contributed by atoms with Gasteiger partial charge in [0.05, 0.1) is 0 Å². The van der Waals surface area contributed by atoms with Gasteiger partial charge in [0, 0.05) is 5.92 Å². The molecule has 0 unspecified atom stereocenters. The Kier molecular flexibility index (Phi) is 1.98. The monoisotopic (exact) mass is 197 g/mol. The Bertz CT molecular complexity index is 392. The molecule has 1 aliphatic carbocycles. The van der Waals surface area contributed by atoms with Gasteiger partial charge in [-0.3, -0.25) is 4.79 Å². The molecular weight excluding hydrogens is 188 g/mol. The molecule has 0 radical (unpaired) electrons. The molecule has 0 bridgehead atoms. The van der Waals surface area contributed by atoms with Crippen molar-refractivity contribution in [2.24, 2.45) is 11.7 Å². The van der Waals surface area contributed by atoms with E-state index in [-0.39, 0.29) is 17.4 Å². The smallest absolute Gasteiger partial charge is 0.221 e. The van der Waals surface area contributed by atoms with Crippen molar-refractivity contribution in [2.45, 2.75) is 12.3 Å². The van der Waals surface area contributed by atoms with Crippen molar-refractivity contribution in [3.63, 3.8) is 0 Å². The van der Waals surface area contributed by atoms with Crippen LogP contribution >= 0.6 is 0 Å². The summed E-state index contributed by atoms with van der Waals surface area (Å²) in [7, 11) is 0. The first kappa shape index (κ1) is 9.12. The van der Waals surface area contributed by atoms with Crippen LogP contribution in [0.4, 0.5) is 8.78 Å². The van der Waals surface area contributed by atoms with Crippen LogP contribution in [0.1, 0.15) is 17.9 Å². The predicted octanol–water partition coefficient (Wildman–Crippen LogP) is 1.55. The molecule has 1 amide bonds. The number of carbonyl (C=O) groups excluding carboxylic acids is 1. The molecule has 4 heteroatoms. The first-order valence-corrected chi connectivity index (χ1v) is 4.34. The molecule has 2 rings (SSSR count). The van der Waals surface area contributed by atoms with Crippen molar-refractivity contribution in [1.29, 1.82) is 0 Å². The average Bonchev–Trinajstić information content (AvgIpc) is 2.88. The van der Waals surface area contributed by atoms with Gasteiger partial charge >= 0.3 is 0 Å². The third kappa shape index (κ3) is 1.47. The molecule has 0 spiro atoms. The normalized spacial score (nSPS) is 24.7. The van der Waals surface area contributed by atoms with Crippen LogP contribution in [0.15, 0.2) is 18.2 Å². The summed E-state index contributed by atoms with van der Waals surface area (Å²) in [5.41, 5.74) is 5.32. The standard InChI is InChI=1S/C10H9F2NO/c11-5-1-2-9(12)7(3-5)6-4-8(6)10(13)14/h1-3,6,8H,4H2,(H2,13,14)/t6-,8+/m1/s1. The maximum atomic E-state index is 13.2. The van der Waals surface area contributed by atoms with Crippen LogP contribution in [0.2, 0.25) is 0 Å². The van der Waals surface area contributed by atoms with Crippen LogP contribution in [-0.2, 0) is 4.79 Å². The van der Waals surface area contributed by atoms with E-state index in [1.54, 1.807) is 0 Å². The second-order valence-corrected chi connectivity index (χ2v) is 3.52. The summed E-state index contributed by atoms with van der Waals surface area (Å²) < 4.78 is 26.0. The molecule has 1 saturated carbocycles. The predicted molar refractivity (Wildman–Crippen MR) is 46.4 cm³/mol. The SMILES string of the molecule is NC(=O)[C@H]1C[C@@H]1c1cc(F)ccc1F. The van der Waals surface area contributed by atoms with Crippen LogP contribution in [0.25, 0.3) is 0 Å². The summed E-state index contributed by atoms with van der Waals surface area (Å²) in [4.78, 5) is 10.7. The van der Waals surface area contributed by atoms with Gasteiger partial charge in [-0.1, -0.05) is 0 Å². The van der Waals surface area contributed by atoms with Crippen LogP contribution in [-0.4, -0.2) is 5.91 Å². The number of primary amides is 1. The highest BCUT2D eigenvalue weighted by molar-refractivity contribution is 5.81. The van der Waals surface area contributed by atoms with Crippen molar-refractivity contribution in [3.05, 3.63) is 35.4 Å². The van der Waals surface area contributed by atoms with Gasteiger partial charge in [-0.15, -0.1) is 0 Å². The molecule has 0 aromatic heterocycles. The quantitative estimate of drug-likeness (QED) is 0.768. The minimum absolute atomic E-state index is 0.233. The zero-order valence-electron chi connectivity index (χ0n) is 7.34. The van der Waals surface area contributed by atoms with Gasteiger partial charge < -0.3 is 5.73 Å². The number of amides is 1. The highest BCUT2D eigenvalue weighted by Gasteiger charge is 2.44. The summed E-state index contributed by atoms with van der Waals surface area (Å²) in [6.45, 7) is 0. The zero-order valence-corrected chi connectivity index (χ0v) is 7.34. The van der Waals surface area contributed by atoms with Gasteiger partial charge in [0.15, 0.2) is 0 Å². The van der Waals surface area contributed by atoms with Crippen LogP contribution < -0.4 is 5.73 Å². The molecule has 2 N–H and O–H groups in total. The summed E-state index contributed by atoms with van der Waals surface area (Å²) in [5.74, 6) is -1.97. The Hall–Kier alpha value is -1.45. The van der Waals surface area contributed by atoms with Crippen LogP contribution in [0, 0.1) is 17.6 Å². The highest BCUT2D eigenvalue weighted by atomic mass is 19.1. The Balaban J connectivity index is 2.26. The van der Waals surface area contributed by atoms with Gasteiger partial charge in [-0.25, -0.2) is 8.78 Å². The van der Waals surface area contributed by atoms with Crippen molar-refractivity contribution < 1.29 is 13.6 Å². The fourth-order valence-electron chi connectivity index (χ4n) is 1.65. The number of hydrogen-bond donors (Lipinski definition) is 1. The average molecular weight is 197 g/mol. The van der Waals surface area contributed by atoms with Gasteiger partial charge in [-0.2, -0.15) is 0 Å². The number of benzene rings is 1. The van der Waals surface area contributed by atoms with Crippen LogP contribution in [0.3, 0.4) is 0 Å². The van der Waals surface area contributed by atoms with E-state index in [1.807, 2.05) is 0 Å². The zero-order chi connectivity index (χ0) is 10.3. The Labute approximate surface area is 79.7 Å². The molecule has 2 nitrogen and oxygen atoms in total. The van der Waals surface area contributed by atoms with Crippen LogP contribution in [0.5, 0.6) is 0 Å². The second kappa shape index (κ2) is 3.04. The van der Waals surface area contributed by atoms with Gasteiger partial charge in [-0.05, 0) is 36.1 Å². The minimum Gasteiger partial charge on any atom is -0.369 e. The second-order valence-electron chi connectivity index (χ2n) is 3.52. The van der Waals surface area contributed by atoms with E-state index >= 15 is 0 Å². The molecule has 1 aromatic carbocycles. The summed E-state index contributed by atoms with van der Waals surface area (Å²) in [5, 5.41) is 0. The lowest BCUT2D eigenvalue weighted by Crippen LogP contribution is -2.13. The molecule has 0 aliphatic heterocycles. The fraction of sp³-hybridized carbons (Fsp3) is 0.300.